The van der Waals surface area contributed by atoms with Gasteiger partial charge >= 0.3 is 0 Å². The number of hydrogen-bond donors (Lipinski definition) is 2. The zero-order valence-corrected chi connectivity index (χ0v) is 17.6. The molecule has 1 atom stereocenters. The maximum Gasteiger partial charge on any atom is 0.234 e. The number of benzene rings is 1. The highest BCUT2D eigenvalue weighted by Gasteiger charge is 2.30. The highest BCUT2D eigenvalue weighted by atomic mass is 32.2. The van der Waals surface area contributed by atoms with Gasteiger partial charge in [-0.1, -0.05) is 30.8 Å². The molecule has 1 unspecified atom stereocenters. The Morgan fingerprint density at radius 1 is 1.37 bits per heavy atom. The van der Waals surface area contributed by atoms with Crippen molar-refractivity contribution in [1.29, 1.82) is 0 Å². The lowest BCUT2D eigenvalue weighted by Crippen LogP contribution is -2.29. The van der Waals surface area contributed by atoms with Crippen LogP contribution in [0.3, 0.4) is 0 Å². The summed E-state index contributed by atoms with van der Waals surface area (Å²) in [6.07, 6.45) is 7.63. The average Bonchev–Trinajstić information content (AvgIpc) is 3.48. The molecule has 162 valence electrons. The molecule has 0 saturated heterocycles. The highest BCUT2D eigenvalue weighted by Crippen LogP contribution is 2.35. The second-order valence-electron chi connectivity index (χ2n) is 7.78. The topological polar surface area (TPSA) is 119 Å². The zero-order valence-electron chi connectivity index (χ0n) is 16.8. The summed E-state index contributed by atoms with van der Waals surface area (Å²) in [6.45, 7) is 0.367. The molecule has 0 radical (unpaired) electrons. The van der Waals surface area contributed by atoms with Crippen molar-refractivity contribution >= 4 is 26.8 Å². The molecule has 0 aliphatic heterocycles. The summed E-state index contributed by atoms with van der Waals surface area (Å²) in [7, 11) is -2.21. The number of aliphatic hydroxyl groups is 1. The highest BCUT2D eigenvalue weighted by molar-refractivity contribution is 7.92. The first-order valence-corrected chi connectivity index (χ1v) is 11.7. The number of rotatable bonds is 9. The summed E-state index contributed by atoms with van der Waals surface area (Å²) < 4.78 is 40.7. The van der Waals surface area contributed by atoms with Crippen molar-refractivity contribution in [3.05, 3.63) is 36.2 Å². The van der Waals surface area contributed by atoms with Gasteiger partial charge in [0.25, 0.3) is 0 Å². The van der Waals surface area contributed by atoms with Crippen molar-refractivity contribution in [3.63, 3.8) is 0 Å². The number of nitrogens with zero attached hydrogens (tertiary/aromatic N) is 3. The van der Waals surface area contributed by atoms with Crippen molar-refractivity contribution in [3.8, 4) is 5.75 Å². The number of aromatic nitrogens is 3. The van der Waals surface area contributed by atoms with Gasteiger partial charge in [0, 0.05) is 24.9 Å². The molecular weight excluding hydrogens is 408 g/mol. The van der Waals surface area contributed by atoms with Crippen molar-refractivity contribution < 1.29 is 22.8 Å². The van der Waals surface area contributed by atoms with E-state index in [1.54, 1.807) is 16.9 Å². The molecule has 9 nitrogen and oxygen atoms in total. The summed E-state index contributed by atoms with van der Waals surface area (Å²) in [5, 5.41) is 18.3. The van der Waals surface area contributed by atoms with E-state index in [0.29, 0.717) is 23.3 Å². The third-order valence-corrected chi connectivity index (χ3v) is 7.08. The van der Waals surface area contributed by atoms with Gasteiger partial charge < -0.3 is 14.4 Å². The first kappa shape index (κ1) is 20.7. The van der Waals surface area contributed by atoms with Crippen molar-refractivity contribution in [1.82, 2.24) is 14.9 Å². The number of ether oxygens (including phenoxy) is 1. The Balaban J connectivity index is 1.57. The Morgan fingerprint density at radius 3 is 2.83 bits per heavy atom. The van der Waals surface area contributed by atoms with Crippen LogP contribution in [-0.4, -0.2) is 47.9 Å². The van der Waals surface area contributed by atoms with Gasteiger partial charge in [-0.3, -0.25) is 9.40 Å². The molecule has 2 N–H and O–H groups in total. The van der Waals surface area contributed by atoms with Crippen molar-refractivity contribution in [2.24, 2.45) is 11.8 Å². The van der Waals surface area contributed by atoms with Gasteiger partial charge in [0.2, 0.25) is 10.0 Å². The minimum Gasteiger partial charge on any atom is -0.496 e. The van der Waals surface area contributed by atoms with Crippen LogP contribution in [0.15, 0.2) is 35.1 Å². The molecule has 1 aromatic carbocycles. The summed E-state index contributed by atoms with van der Waals surface area (Å²) in [6, 6.07) is 5.44. The van der Waals surface area contributed by atoms with E-state index in [9.17, 15) is 13.5 Å². The molecule has 0 spiro atoms. The van der Waals surface area contributed by atoms with Crippen LogP contribution in [0.25, 0.3) is 11.0 Å². The number of nitrogens with one attached hydrogen (secondary N) is 1. The molecular formula is C20H26N4O5S. The van der Waals surface area contributed by atoms with Gasteiger partial charge in [0.05, 0.1) is 19.4 Å². The van der Waals surface area contributed by atoms with Gasteiger partial charge in [-0.25, -0.2) is 8.42 Å². The Morgan fingerprint density at radius 2 is 2.17 bits per heavy atom. The lowest BCUT2D eigenvalue weighted by atomic mass is 9.93. The fourth-order valence-corrected chi connectivity index (χ4v) is 5.69. The zero-order chi connectivity index (χ0) is 21.1. The summed E-state index contributed by atoms with van der Waals surface area (Å²) in [4.78, 5) is 0. The predicted octanol–water partition coefficient (Wildman–Crippen LogP) is 2.62. The molecule has 1 fully saturated rings. The monoisotopic (exact) mass is 434 g/mol. The normalized spacial score (nSPS) is 16.2. The maximum atomic E-state index is 12.8. The smallest absolute Gasteiger partial charge is 0.234 e. The van der Waals surface area contributed by atoms with E-state index in [4.69, 9.17) is 9.26 Å². The third-order valence-electron chi connectivity index (χ3n) is 5.71. The molecule has 4 rings (SSSR count). The number of aliphatic hydroxyl groups excluding tert-OH is 1. The molecule has 0 amide bonds. The predicted molar refractivity (Wildman–Crippen MR) is 112 cm³/mol. The maximum absolute atomic E-state index is 12.8. The molecule has 2 aromatic heterocycles. The number of methoxy groups -OCH3 is 1. The summed E-state index contributed by atoms with van der Waals surface area (Å²) >= 11 is 0. The van der Waals surface area contributed by atoms with Gasteiger partial charge in [0.1, 0.15) is 11.1 Å². The van der Waals surface area contributed by atoms with E-state index in [2.05, 4.69) is 15.0 Å². The van der Waals surface area contributed by atoms with Crippen LogP contribution in [-0.2, 0) is 16.6 Å². The van der Waals surface area contributed by atoms with Crippen LogP contribution in [0.1, 0.15) is 31.2 Å². The van der Waals surface area contributed by atoms with E-state index >= 15 is 0 Å². The lowest BCUT2D eigenvalue weighted by molar-refractivity contribution is 0.191. The Hall–Kier alpha value is -2.59. The number of anilines is 1. The van der Waals surface area contributed by atoms with Gasteiger partial charge in [0.15, 0.2) is 11.4 Å². The Kier molecular flexibility index (Phi) is 5.96. The number of hydrogen-bond acceptors (Lipinski definition) is 7. The van der Waals surface area contributed by atoms with Crippen molar-refractivity contribution in [2.45, 2.75) is 32.2 Å². The van der Waals surface area contributed by atoms with E-state index in [0.717, 1.165) is 31.2 Å². The van der Waals surface area contributed by atoms with Gasteiger partial charge in [-0.15, -0.1) is 0 Å². The summed E-state index contributed by atoms with van der Waals surface area (Å²) in [5.74, 6) is 0.354. The molecule has 2 heterocycles. The Labute approximate surface area is 175 Å². The fourth-order valence-electron chi connectivity index (χ4n) is 4.23. The van der Waals surface area contributed by atoms with E-state index in [1.807, 2.05) is 18.3 Å². The molecule has 1 saturated carbocycles. The van der Waals surface area contributed by atoms with Crippen LogP contribution in [0.5, 0.6) is 5.75 Å². The summed E-state index contributed by atoms with van der Waals surface area (Å²) in [5.41, 5.74) is 1.30. The first-order valence-electron chi connectivity index (χ1n) is 10.0. The van der Waals surface area contributed by atoms with Crippen LogP contribution >= 0.6 is 0 Å². The second-order valence-corrected chi connectivity index (χ2v) is 9.54. The van der Waals surface area contributed by atoms with Gasteiger partial charge in [-0.2, -0.15) is 5.10 Å². The molecule has 10 heteroatoms. The molecule has 3 aromatic rings. The van der Waals surface area contributed by atoms with Gasteiger partial charge in [-0.05, 0) is 29.7 Å². The number of fused-ring (bicyclic) bond motifs is 1. The fraction of sp³-hybridized carbons (Fsp3) is 0.500. The molecule has 30 heavy (non-hydrogen) atoms. The lowest BCUT2D eigenvalue weighted by Gasteiger charge is -2.21. The molecule has 1 aliphatic rings. The minimum absolute atomic E-state index is 0.0931. The van der Waals surface area contributed by atoms with Crippen LogP contribution < -0.4 is 9.46 Å². The first-order chi connectivity index (χ1) is 14.5. The van der Waals surface area contributed by atoms with E-state index in [-0.39, 0.29) is 30.0 Å². The second kappa shape index (κ2) is 8.65. The average molecular weight is 435 g/mol. The standard InChI is InChI=1S/C20H26N4O5S/c1-28-17-9-14(11-24-8-4-7-21-24)10-18-19(17)20(22-29-18)23-30(26,27)13-16(12-25)15-5-2-3-6-15/h4,7-10,15-16,25H,2-3,5-6,11-13H2,1H3,(H,22,23). The van der Waals surface area contributed by atoms with E-state index < -0.39 is 10.0 Å². The number of sulfonamides is 1. The van der Waals surface area contributed by atoms with Crippen LogP contribution in [0.2, 0.25) is 0 Å². The quantitative estimate of drug-likeness (QED) is 0.531. The van der Waals surface area contributed by atoms with Crippen molar-refractivity contribution in [2.75, 3.05) is 24.2 Å². The largest absolute Gasteiger partial charge is 0.496 e. The molecule has 0 bridgehead atoms. The van der Waals surface area contributed by atoms with Crippen LogP contribution in [0, 0.1) is 11.8 Å². The Bertz CT molecular complexity index is 1090. The van der Waals surface area contributed by atoms with Crippen LogP contribution in [0.4, 0.5) is 5.82 Å². The SMILES string of the molecule is COc1cc(Cn2cccn2)cc2onc(NS(=O)(=O)CC(CO)C3CCCC3)c12. The minimum atomic E-state index is -3.72. The molecule has 1 aliphatic carbocycles. The van der Waals surface area contributed by atoms with E-state index in [1.165, 1.54) is 7.11 Å². The third kappa shape index (κ3) is 4.44.